The van der Waals surface area contributed by atoms with Gasteiger partial charge in [-0.15, -0.1) is 0 Å². The van der Waals surface area contributed by atoms with Crippen molar-refractivity contribution in [2.45, 2.75) is 23.3 Å². The summed E-state index contributed by atoms with van der Waals surface area (Å²) in [7, 11) is 0. The lowest BCUT2D eigenvalue weighted by molar-refractivity contribution is 0.825. The molecule has 6 bridgehead atoms. The Hall–Kier alpha value is -1.52. The summed E-state index contributed by atoms with van der Waals surface area (Å²) in [6, 6.07) is 13.4. The van der Waals surface area contributed by atoms with Gasteiger partial charge in [0.05, 0.1) is 21.9 Å². The van der Waals surface area contributed by atoms with Crippen LogP contribution < -0.4 is 0 Å². The number of rotatable bonds is 2. The number of thioether (sulfide) groups is 2. The highest BCUT2D eigenvalue weighted by Gasteiger charge is 2.21. The molecule has 2 heterocycles. The van der Waals surface area contributed by atoms with E-state index in [-0.39, 0.29) is 0 Å². The van der Waals surface area contributed by atoms with Crippen LogP contribution in [0.4, 0.5) is 0 Å². The summed E-state index contributed by atoms with van der Waals surface area (Å²) in [5.41, 5.74) is 5.02. The molecular formula is C20H20N2S2. The molecule has 1 aromatic heterocycles. The summed E-state index contributed by atoms with van der Waals surface area (Å²) in [5, 5.41) is 3.45. The van der Waals surface area contributed by atoms with Crippen LogP contribution >= 0.6 is 23.5 Å². The standard InChI is InChI=1S/C20H20N2S2/c1-23-19-9-13-5-3-8-16-14(6-4-7-15(13)16)10-20(24-2)18-12-21-11-17(19)22-18/h3-8,11-12,19-20H,9-10H2,1-2H3. The second kappa shape index (κ2) is 6.77. The van der Waals surface area contributed by atoms with Crippen LogP contribution in [0.25, 0.3) is 10.8 Å². The minimum Gasteiger partial charge on any atom is -0.261 e. The zero-order chi connectivity index (χ0) is 16.5. The van der Waals surface area contributed by atoms with Gasteiger partial charge in [-0.05, 0) is 47.3 Å². The van der Waals surface area contributed by atoms with Crippen molar-refractivity contribution in [2.75, 3.05) is 12.5 Å². The third-order valence-electron chi connectivity index (χ3n) is 4.81. The van der Waals surface area contributed by atoms with Gasteiger partial charge in [0.2, 0.25) is 0 Å². The minimum atomic E-state index is 0.340. The zero-order valence-corrected chi connectivity index (χ0v) is 15.5. The van der Waals surface area contributed by atoms with E-state index >= 15 is 0 Å². The smallest absolute Gasteiger partial charge is 0.0723 e. The molecule has 4 heteroatoms. The summed E-state index contributed by atoms with van der Waals surface area (Å²) in [6.45, 7) is 0. The van der Waals surface area contributed by atoms with Crippen molar-refractivity contribution in [2.24, 2.45) is 0 Å². The Morgan fingerprint density at radius 2 is 1.29 bits per heavy atom. The molecule has 1 aliphatic rings. The maximum atomic E-state index is 4.99. The monoisotopic (exact) mass is 352 g/mol. The molecule has 0 fully saturated rings. The SMILES string of the molecule is CSC1Cc2cccc3c(cccc23)CC(SC)c2cncc1n2. The predicted molar refractivity (Wildman–Crippen MR) is 106 cm³/mol. The van der Waals surface area contributed by atoms with Gasteiger partial charge in [-0.1, -0.05) is 36.4 Å². The predicted octanol–water partition coefficient (Wildman–Crippen LogP) is 5.24. The molecule has 4 rings (SSSR count). The Morgan fingerprint density at radius 1 is 0.792 bits per heavy atom. The number of benzene rings is 2. The third-order valence-corrected chi connectivity index (χ3v) is 6.77. The van der Waals surface area contributed by atoms with E-state index in [1.165, 1.54) is 21.9 Å². The van der Waals surface area contributed by atoms with Crippen molar-refractivity contribution in [3.8, 4) is 0 Å². The first-order valence-corrected chi connectivity index (χ1v) is 10.7. The first-order chi connectivity index (χ1) is 11.8. The van der Waals surface area contributed by atoms with Gasteiger partial charge in [0.1, 0.15) is 0 Å². The van der Waals surface area contributed by atoms with Crippen LogP contribution in [0, 0.1) is 0 Å². The topological polar surface area (TPSA) is 25.8 Å². The second-order valence-electron chi connectivity index (χ2n) is 6.16. The molecule has 2 unspecified atom stereocenters. The average Bonchev–Trinajstić information content (AvgIpc) is 2.64. The van der Waals surface area contributed by atoms with E-state index in [1.54, 1.807) is 0 Å². The molecule has 2 nitrogen and oxygen atoms in total. The summed E-state index contributed by atoms with van der Waals surface area (Å²) >= 11 is 3.72. The van der Waals surface area contributed by atoms with Gasteiger partial charge in [0.15, 0.2) is 0 Å². The van der Waals surface area contributed by atoms with Gasteiger partial charge in [-0.3, -0.25) is 9.97 Å². The molecule has 0 amide bonds. The Bertz CT molecular complexity index is 810. The second-order valence-corrected chi connectivity index (χ2v) is 8.24. The van der Waals surface area contributed by atoms with E-state index in [2.05, 4.69) is 53.9 Å². The van der Waals surface area contributed by atoms with Crippen molar-refractivity contribution in [1.29, 1.82) is 0 Å². The highest BCUT2D eigenvalue weighted by molar-refractivity contribution is 7.99. The van der Waals surface area contributed by atoms with Crippen molar-refractivity contribution < 1.29 is 0 Å². The lowest BCUT2D eigenvalue weighted by Crippen LogP contribution is -2.07. The number of nitrogens with zero attached hydrogens (tertiary/aromatic N) is 2. The van der Waals surface area contributed by atoms with E-state index in [0.717, 1.165) is 24.2 Å². The summed E-state index contributed by atoms with van der Waals surface area (Å²) in [5.74, 6) is 0. The van der Waals surface area contributed by atoms with E-state index < -0.39 is 0 Å². The summed E-state index contributed by atoms with van der Waals surface area (Å²) in [4.78, 5) is 9.50. The van der Waals surface area contributed by atoms with Gasteiger partial charge in [-0.2, -0.15) is 23.5 Å². The molecule has 1 aliphatic heterocycles. The molecule has 2 atom stereocenters. The van der Waals surface area contributed by atoms with Gasteiger partial charge >= 0.3 is 0 Å². The summed E-state index contributed by atoms with van der Waals surface area (Å²) in [6.07, 6.45) is 10.2. The van der Waals surface area contributed by atoms with Crippen molar-refractivity contribution >= 4 is 34.3 Å². The Balaban J connectivity index is 1.97. The van der Waals surface area contributed by atoms with Crippen LogP contribution in [0.5, 0.6) is 0 Å². The van der Waals surface area contributed by atoms with Gasteiger partial charge in [0.25, 0.3) is 0 Å². The van der Waals surface area contributed by atoms with Crippen molar-refractivity contribution in [1.82, 2.24) is 9.97 Å². The molecule has 24 heavy (non-hydrogen) atoms. The van der Waals surface area contributed by atoms with Crippen molar-refractivity contribution in [3.05, 3.63) is 71.3 Å². The Kier molecular flexibility index (Phi) is 4.51. The lowest BCUT2D eigenvalue weighted by atomic mass is 9.95. The van der Waals surface area contributed by atoms with Crippen LogP contribution in [0.2, 0.25) is 0 Å². The first-order valence-electron chi connectivity index (χ1n) is 8.17. The zero-order valence-electron chi connectivity index (χ0n) is 13.9. The average molecular weight is 353 g/mol. The maximum Gasteiger partial charge on any atom is 0.0723 e. The molecule has 0 N–H and O–H groups in total. The maximum absolute atomic E-state index is 4.99. The van der Waals surface area contributed by atoms with Crippen LogP contribution in [0.1, 0.15) is 33.0 Å². The molecular weight excluding hydrogens is 332 g/mol. The van der Waals surface area contributed by atoms with Crippen LogP contribution in [-0.2, 0) is 12.8 Å². The molecule has 0 aliphatic carbocycles. The lowest BCUT2D eigenvalue weighted by Gasteiger charge is -2.17. The molecule has 0 radical (unpaired) electrons. The summed E-state index contributed by atoms with van der Waals surface area (Å²) < 4.78 is 0. The Labute approximate surface area is 151 Å². The van der Waals surface area contributed by atoms with Gasteiger partial charge in [0, 0.05) is 12.4 Å². The third kappa shape index (κ3) is 2.82. The quantitative estimate of drug-likeness (QED) is 0.630. The highest BCUT2D eigenvalue weighted by Crippen LogP contribution is 2.37. The number of aromatic nitrogens is 2. The van der Waals surface area contributed by atoms with Gasteiger partial charge < -0.3 is 0 Å². The fraction of sp³-hybridized carbons (Fsp3) is 0.300. The minimum absolute atomic E-state index is 0.340. The first kappa shape index (κ1) is 16.0. The molecule has 0 saturated carbocycles. The van der Waals surface area contributed by atoms with Crippen LogP contribution in [0.15, 0.2) is 48.8 Å². The van der Waals surface area contributed by atoms with Crippen molar-refractivity contribution in [3.63, 3.8) is 0 Å². The Morgan fingerprint density at radius 3 is 1.75 bits per heavy atom. The van der Waals surface area contributed by atoms with Gasteiger partial charge in [-0.25, -0.2) is 0 Å². The molecule has 122 valence electrons. The van der Waals surface area contributed by atoms with E-state index in [0.29, 0.717) is 10.5 Å². The molecule has 3 aromatic rings. The highest BCUT2D eigenvalue weighted by atomic mass is 32.2. The fourth-order valence-corrected chi connectivity index (χ4v) is 4.92. The fourth-order valence-electron chi connectivity index (χ4n) is 3.52. The van der Waals surface area contributed by atoms with E-state index in [9.17, 15) is 0 Å². The molecule has 0 spiro atoms. The number of hydrogen-bond acceptors (Lipinski definition) is 4. The number of hydrogen-bond donors (Lipinski definition) is 0. The van der Waals surface area contributed by atoms with E-state index in [4.69, 9.17) is 4.98 Å². The molecule has 2 aromatic carbocycles. The van der Waals surface area contributed by atoms with Crippen LogP contribution in [-0.4, -0.2) is 22.5 Å². The van der Waals surface area contributed by atoms with Crippen LogP contribution in [0.3, 0.4) is 0 Å². The number of fused-ring (bicyclic) bond motifs is 2. The van der Waals surface area contributed by atoms with E-state index in [1.807, 2.05) is 35.9 Å². The normalized spacial score (nSPS) is 20.1. The molecule has 0 saturated heterocycles. The largest absolute Gasteiger partial charge is 0.261 e.